The minimum Gasteiger partial charge on any atom is -0.351 e. The lowest BCUT2D eigenvalue weighted by atomic mass is 10.0. The average Bonchev–Trinajstić information content (AvgIpc) is 2.95. The van der Waals surface area contributed by atoms with Crippen LogP contribution in [-0.4, -0.2) is 20.9 Å². The fraction of sp³-hybridized carbons (Fsp3) is 0.214. The zero-order valence-corrected chi connectivity index (χ0v) is 13.1. The monoisotopic (exact) mass is 324 g/mol. The molecule has 0 unspecified atom stereocenters. The number of primary sulfonamides is 1. The highest BCUT2D eigenvalue weighted by atomic mass is 32.2. The molecule has 2 rings (SSSR count). The third-order valence-electron chi connectivity index (χ3n) is 3.06. The Bertz CT molecular complexity index is 724. The van der Waals surface area contributed by atoms with E-state index in [-0.39, 0.29) is 16.0 Å². The molecule has 112 valence electrons. The van der Waals surface area contributed by atoms with Gasteiger partial charge in [-0.15, -0.1) is 11.3 Å². The third kappa shape index (κ3) is 4.13. The number of benzene rings is 1. The standard InChI is InChI=1S/C14H16N2O3S2/c1-10(11-5-3-2-4-6-11)8-16-14(17)12-7-13(20-9-12)21(15,18)19/h2-7,9-10H,8H2,1H3,(H,16,17)(H2,15,18,19)/t10-/m1/s1. The van der Waals surface area contributed by atoms with Crippen LogP contribution in [0.15, 0.2) is 46.0 Å². The molecule has 0 aliphatic carbocycles. The maximum atomic E-state index is 12.0. The van der Waals surface area contributed by atoms with Crippen molar-refractivity contribution < 1.29 is 13.2 Å². The van der Waals surface area contributed by atoms with Crippen molar-refractivity contribution in [3.63, 3.8) is 0 Å². The molecule has 1 heterocycles. The molecule has 0 spiro atoms. The van der Waals surface area contributed by atoms with Crippen LogP contribution >= 0.6 is 11.3 Å². The molecule has 0 fully saturated rings. The second-order valence-corrected chi connectivity index (χ2v) is 7.42. The van der Waals surface area contributed by atoms with Crippen molar-refractivity contribution in [3.8, 4) is 0 Å². The lowest BCUT2D eigenvalue weighted by molar-refractivity contribution is 0.0952. The van der Waals surface area contributed by atoms with Crippen LogP contribution < -0.4 is 10.5 Å². The summed E-state index contributed by atoms with van der Waals surface area (Å²) < 4.78 is 22.3. The molecule has 1 aromatic heterocycles. The summed E-state index contributed by atoms with van der Waals surface area (Å²) in [7, 11) is -3.75. The van der Waals surface area contributed by atoms with Gasteiger partial charge in [0.1, 0.15) is 4.21 Å². The highest BCUT2D eigenvalue weighted by molar-refractivity contribution is 7.91. The summed E-state index contributed by atoms with van der Waals surface area (Å²) in [6, 6.07) is 11.1. The Labute approximate surface area is 127 Å². The van der Waals surface area contributed by atoms with Gasteiger partial charge in [0, 0.05) is 11.9 Å². The van der Waals surface area contributed by atoms with Crippen molar-refractivity contribution in [3.05, 3.63) is 52.9 Å². The van der Waals surface area contributed by atoms with E-state index in [1.165, 1.54) is 11.4 Å². The van der Waals surface area contributed by atoms with Crippen molar-refractivity contribution in [1.82, 2.24) is 5.32 Å². The van der Waals surface area contributed by atoms with E-state index in [9.17, 15) is 13.2 Å². The average molecular weight is 324 g/mol. The molecule has 0 saturated heterocycles. The number of amides is 1. The summed E-state index contributed by atoms with van der Waals surface area (Å²) in [6.45, 7) is 2.49. The van der Waals surface area contributed by atoms with Gasteiger partial charge in [-0.2, -0.15) is 0 Å². The van der Waals surface area contributed by atoms with Gasteiger partial charge in [0.25, 0.3) is 5.91 Å². The Kier molecular flexibility index (Phi) is 4.76. The first-order valence-electron chi connectivity index (χ1n) is 6.32. The van der Waals surface area contributed by atoms with Gasteiger partial charge in [-0.05, 0) is 17.5 Å². The number of nitrogens with one attached hydrogen (secondary N) is 1. The summed E-state index contributed by atoms with van der Waals surface area (Å²) >= 11 is 0.942. The van der Waals surface area contributed by atoms with E-state index < -0.39 is 10.0 Å². The molecule has 1 aromatic carbocycles. The lowest BCUT2D eigenvalue weighted by Gasteiger charge is -2.12. The van der Waals surface area contributed by atoms with Crippen LogP contribution in [0.4, 0.5) is 0 Å². The molecular weight excluding hydrogens is 308 g/mol. The number of carbonyl (C=O) groups is 1. The highest BCUT2D eigenvalue weighted by Gasteiger charge is 2.15. The van der Waals surface area contributed by atoms with Gasteiger partial charge >= 0.3 is 0 Å². The van der Waals surface area contributed by atoms with Crippen molar-refractivity contribution >= 4 is 27.3 Å². The molecule has 0 saturated carbocycles. The minimum absolute atomic E-state index is 0.0104. The van der Waals surface area contributed by atoms with Gasteiger partial charge < -0.3 is 5.32 Å². The van der Waals surface area contributed by atoms with Crippen molar-refractivity contribution in [2.45, 2.75) is 17.1 Å². The first-order chi connectivity index (χ1) is 9.88. The van der Waals surface area contributed by atoms with E-state index >= 15 is 0 Å². The van der Waals surface area contributed by atoms with E-state index in [0.717, 1.165) is 16.9 Å². The van der Waals surface area contributed by atoms with Gasteiger partial charge in [-0.25, -0.2) is 13.6 Å². The summed E-state index contributed by atoms with van der Waals surface area (Å²) in [5, 5.41) is 9.30. The zero-order valence-electron chi connectivity index (χ0n) is 11.4. The Morgan fingerprint density at radius 3 is 2.57 bits per heavy atom. The van der Waals surface area contributed by atoms with E-state index in [2.05, 4.69) is 5.32 Å². The Morgan fingerprint density at radius 1 is 1.33 bits per heavy atom. The van der Waals surface area contributed by atoms with Crippen molar-refractivity contribution in [2.75, 3.05) is 6.54 Å². The SMILES string of the molecule is C[C@H](CNC(=O)c1csc(S(N)(=O)=O)c1)c1ccccc1. The Hall–Kier alpha value is -1.70. The van der Waals surface area contributed by atoms with E-state index in [1.807, 2.05) is 37.3 Å². The number of hydrogen-bond donors (Lipinski definition) is 2. The topological polar surface area (TPSA) is 89.3 Å². The van der Waals surface area contributed by atoms with Crippen LogP contribution in [0.3, 0.4) is 0 Å². The molecule has 1 amide bonds. The number of hydrogen-bond acceptors (Lipinski definition) is 4. The maximum absolute atomic E-state index is 12.0. The molecule has 0 bridgehead atoms. The largest absolute Gasteiger partial charge is 0.351 e. The van der Waals surface area contributed by atoms with Gasteiger partial charge in [0.05, 0.1) is 5.56 Å². The number of carbonyl (C=O) groups excluding carboxylic acids is 1. The second-order valence-electron chi connectivity index (χ2n) is 4.72. The van der Waals surface area contributed by atoms with Crippen molar-refractivity contribution in [1.29, 1.82) is 0 Å². The molecule has 2 aromatic rings. The predicted octanol–water partition coefficient (Wildman–Crippen LogP) is 1.93. The quantitative estimate of drug-likeness (QED) is 0.880. The highest BCUT2D eigenvalue weighted by Crippen LogP contribution is 2.19. The molecule has 0 aliphatic rings. The molecule has 7 heteroatoms. The molecular formula is C14H16N2O3S2. The van der Waals surface area contributed by atoms with Gasteiger partial charge in [-0.3, -0.25) is 4.79 Å². The molecule has 21 heavy (non-hydrogen) atoms. The number of sulfonamides is 1. The van der Waals surface area contributed by atoms with Crippen LogP contribution in [0.2, 0.25) is 0 Å². The summed E-state index contributed by atoms with van der Waals surface area (Å²) in [6.07, 6.45) is 0. The van der Waals surface area contributed by atoms with Crippen LogP contribution in [0.5, 0.6) is 0 Å². The smallest absolute Gasteiger partial charge is 0.252 e. The molecule has 1 atom stereocenters. The second kappa shape index (κ2) is 6.38. The first-order valence-corrected chi connectivity index (χ1v) is 8.75. The summed E-state index contributed by atoms with van der Waals surface area (Å²) in [4.78, 5) is 12.0. The van der Waals surface area contributed by atoms with Gasteiger partial charge in [0.15, 0.2) is 0 Å². The van der Waals surface area contributed by atoms with Gasteiger partial charge in [0.2, 0.25) is 10.0 Å². The maximum Gasteiger partial charge on any atom is 0.252 e. The molecule has 0 radical (unpaired) electrons. The number of thiophene rings is 1. The molecule has 5 nitrogen and oxygen atoms in total. The Balaban J connectivity index is 1.98. The lowest BCUT2D eigenvalue weighted by Crippen LogP contribution is -2.27. The number of nitrogens with two attached hydrogens (primary N) is 1. The van der Waals surface area contributed by atoms with Crippen LogP contribution in [0, 0.1) is 0 Å². The van der Waals surface area contributed by atoms with Crippen LogP contribution in [0.1, 0.15) is 28.8 Å². The zero-order chi connectivity index (χ0) is 15.5. The number of rotatable bonds is 5. The summed E-state index contributed by atoms with van der Waals surface area (Å²) in [5.41, 5.74) is 1.44. The normalized spacial score (nSPS) is 12.9. The minimum atomic E-state index is -3.75. The van der Waals surface area contributed by atoms with Crippen LogP contribution in [-0.2, 0) is 10.0 Å². The van der Waals surface area contributed by atoms with Crippen LogP contribution in [0.25, 0.3) is 0 Å². The molecule has 0 aliphatic heterocycles. The van der Waals surface area contributed by atoms with E-state index in [0.29, 0.717) is 12.1 Å². The van der Waals surface area contributed by atoms with E-state index in [1.54, 1.807) is 0 Å². The fourth-order valence-corrected chi connectivity index (χ4v) is 3.42. The Morgan fingerprint density at radius 2 is 2.00 bits per heavy atom. The third-order valence-corrected chi connectivity index (χ3v) is 5.44. The van der Waals surface area contributed by atoms with E-state index in [4.69, 9.17) is 5.14 Å². The summed E-state index contributed by atoms with van der Waals surface area (Å²) in [5.74, 6) is -0.129. The predicted molar refractivity (Wildman–Crippen MR) is 82.9 cm³/mol. The van der Waals surface area contributed by atoms with Crippen molar-refractivity contribution in [2.24, 2.45) is 5.14 Å². The first kappa shape index (κ1) is 15.7. The van der Waals surface area contributed by atoms with Gasteiger partial charge in [-0.1, -0.05) is 37.3 Å². The fourth-order valence-electron chi connectivity index (χ4n) is 1.83. The molecule has 3 N–H and O–H groups in total.